The van der Waals surface area contributed by atoms with E-state index in [2.05, 4.69) is 4.90 Å². The Hall–Kier alpha value is -0.820. The van der Waals surface area contributed by atoms with Crippen LogP contribution in [-0.4, -0.2) is 57.5 Å². The third-order valence-electron chi connectivity index (χ3n) is 3.50. The third kappa shape index (κ3) is 2.93. The van der Waals surface area contributed by atoms with Gasteiger partial charge in [0.25, 0.3) is 0 Å². The third-order valence-corrected chi connectivity index (χ3v) is 5.80. The number of benzene rings is 1. The molecule has 1 aromatic carbocycles. The van der Waals surface area contributed by atoms with E-state index in [4.69, 9.17) is 16.3 Å². The lowest BCUT2D eigenvalue weighted by Gasteiger charge is -2.37. The summed E-state index contributed by atoms with van der Waals surface area (Å²) in [6, 6.07) is 4.50. The van der Waals surface area contributed by atoms with Crippen molar-refractivity contribution in [3.8, 4) is 5.75 Å². The van der Waals surface area contributed by atoms with Crippen LogP contribution >= 0.6 is 11.6 Å². The number of halogens is 1. The van der Waals surface area contributed by atoms with Crippen LogP contribution in [0.2, 0.25) is 5.02 Å². The van der Waals surface area contributed by atoms with Crippen LogP contribution in [0, 0.1) is 0 Å². The van der Waals surface area contributed by atoms with Crippen molar-refractivity contribution in [1.29, 1.82) is 0 Å². The lowest BCUT2D eigenvalue weighted by atomic mass is 10.2. The van der Waals surface area contributed by atoms with E-state index >= 15 is 0 Å². The van der Waals surface area contributed by atoms with Gasteiger partial charge in [-0.05, 0) is 32.2 Å². The van der Waals surface area contributed by atoms with Crippen LogP contribution in [0.3, 0.4) is 0 Å². The molecule has 1 aliphatic rings. The minimum Gasteiger partial charge on any atom is -0.495 e. The quantitative estimate of drug-likeness (QED) is 0.850. The highest BCUT2D eigenvalue weighted by Gasteiger charge is 2.32. The summed E-state index contributed by atoms with van der Waals surface area (Å²) >= 11 is 6.02. The average molecular weight is 319 g/mol. The van der Waals surface area contributed by atoms with Crippen molar-refractivity contribution >= 4 is 21.6 Å². The number of likely N-dealkylation sites (N-methyl/N-ethyl adjacent to an activating group) is 1. The number of nitrogens with zero attached hydrogens (tertiary/aromatic N) is 2. The van der Waals surface area contributed by atoms with E-state index in [0.717, 1.165) is 13.1 Å². The number of rotatable bonds is 3. The van der Waals surface area contributed by atoms with Gasteiger partial charge in [-0.25, -0.2) is 8.42 Å². The fourth-order valence-electron chi connectivity index (χ4n) is 2.42. The van der Waals surface area contributed by atoms with Gasteiger partial charge < -0.3 is 9.64 Å². The maximum absolute atomic E-state index is 12.7. The number of sulfonamides is 1. The van der Waals surface area contributed by atoms with Crippen molar-refractivity contribution in [2.75, 3.05) is 33.8 Å². The summed E-state index contributed by atoms with van der Waals surface area (Å²) < 4.78 is 31.9. The fourth-order valence-corrected chi connectivity index (χ4v) is 4.39. The van der Waals surface area contributed by atoms with Gasteiger partial charge in [-0.2, -0.15) is 4.31 Å². The maximum Gasteiger partial charge on any atom is 0.243 e. The van der Waals surface area contributed by atoms with Crippen molar-refractivity contribution in [3.63, 3.8) is 0 Å². The normalized spacial score (nSPS) is 21.9. The molecule has 0 aromatic heterocycles. The van der Waals surface area contributed by atoms with E-state index < -0.39 is 10.0 Å². The Morgan fingerprint density at radius 1 is 1.35 bits per heavy atom. The summed E-state index contributed by atoms with van der Waals surface area (Å²) in [6.45, 7) is 3.86. The van der Waals surface area contributed by atoms with Crippen LogP contribution in [0.15, 0.2) is 23.1 Å². The monoisotopic (exact) mass is 318 g/mol. The topological polar surface area (TPSA) is 49.9 Å². The van der Waals surface area contributed by atoms with Gasteiger partial charge in [0, 0.05) is 25.7 Å². The van der Waals surface area contributed by atoms with Crippen molar-refractivity contribution in [2.24, 2.45) is 0 Å². The largest absolute Gasteiger partial charge is 0.495 e. The first-order chi connectivity index (χ1) is 9.36. The van der Waals surface area contributed by atoms with Gasteiger partial charge in [0.05, 0.1) is 17.0 Å². The molecule has 0 N–H and O–H groups in total. The summed E-state index contributed by atoms with van der Waals surface area (Å²) in [4.78, 5) is 2.33. The van der Waals surface area contributed by atoms with Gasteiger partial charge in [-0.3, -0.25) is 0 Å². The first-order valence-electron chi connectivity index (χ1n) is 6.40. The minimum atomic E-state index is -3.52. The highest BCUT2D eigenvalue weighted by molar-refractivity contribution is 7.89. The fraction of sp³-hybridized carbons (Fsp3) is 0.538. The zero-order valence-corrected chi connectivity index (χ0v) is 13.4. The van der Waals surface area contributed by atoms with Gasteiger partial charge in [-0.1, -0.05) is 11.6 Å². The van der Waals surface area contributed by atoms with Gasteiger partial charge in [0.2, 0.25) is 10.0 Å². The molecule has 2 rings (SSSR count). The van der Waals surface area contributed by atoms with Crippen molar-refractivity contribution in [3.05, 3.63) is 23.2 Å². The van der Waals surface area contributed by atoms with E-state index in [9.17, 15) is 8.42 Å². The molecule has 1 aromatic rings. The summed E-state index contributed by atoms with van der Waals surface area (Å²) in [5.74, 6) is 0.469. The number of hydrogen-bond acceptors (Lipinski definition) is 4. The summed E-state index contributed by atoms with van der Waals surface area (Å²) in [7, 11) is -0.0267. The van der Waals surface area contributed by atoms with Crippen LogP contribution in [0.25, 0.3) is 0 Å². The smallest absolute Gasteiger partial charge is 0.243 e. The summed E-state index contributed by atoms with van der Waals surface area (Å²) in [6.07, 6.45) is 0. The molecule has 1 fully saturated rings. The van der Waals surface area contributed by atoms with E-state index in [1.54, 1.807) is 6.07 Å². The molecule has 7 heteroatoms. The van der Waals surface area contributed by atoms with Crippen molar-refractivity contribution < 1.29 is 13.2 Å². The second-order valence-corrected chi connectivity index (χ2v) is 7.32. The second kappa shape index (κ2) is 5.89. The van der Waals surface area contributed by atoms with Crippen molar-refractivity contribution in [1.82, 2.24) is 9.21 Å². The maximum atomic E-state index is 12.7. The Labute approximate surface area is 125 Å². The molecule has 1 unspecified atom stereocenters. The second-order valence-electron chi connectivity index (χ2n) is 5.02. The Morgan fingerprint density at radius 2 is 2.05 bits per heavy atom. The predicted octanol–water partition coefficient (Wildman–Crippen LogP) is 1.67. The molecule has 0 radical (unpaired) electrons. The molecule has 112 valence electrons. The summed E-state index contributed by atoms with van der Waals surface area (Å²) in [5, 5.41) is 0.301. The molecule has 0 amide bonds. The molecule has 0 saturated carbocycles. The van der Waals surface area contributed by atoms with Gasteiger partial charge in [-0.15, -0.1) is 0 Å². The van der Waals surface area contributed by atoms with Crippen LogP contribution in [0.5, 0.6) is 5.75 Å². The SMILES string of the molecule is COc1ccc(S(=O)(=O)N2CCN(C)CC2C)cc1Cl. The molecular weight excluding hydrogens is 300 g/mol. The van der Waals surface area contributed by atoms with Crippen LogP contribution in [0.4, 0.5) is 0 Å². The molecule has 20 heavy (non-hydrogen) atoms. The van der Waals surface area contributed by atoms with E-state index in [-0.39, 0.29) is 10.9 Å². The van der Waals surface area contributed by atoms with Crippen LogP contribution in [0.1, 0.15) is 6.92 Å². The molecule has 0 bridgehead atoms. The van der Waals surface area contributed by atoms with Gasteiger partial charge in [0.1, 0.15) is 5.75 Å². The van der Waals surface area contributed by atoms with Crippen LogP contribution < -0.4 is 4.74 Å². The highest BCUT2D eigenvalue weighted by Crippen LogP contribution is 2.29. The van der Waals surface area contributed by atoms with Crippen LogP contribution in [-0.2, 0) is 10.0 Å². The van der Waals surface area contributed by atoms with E-state index in [1.807, 2.05) is 14.0 Å². The Morgan fingerprint density at radius 3 is 2.60 bits per heavy atom. The molecular formula is C13H19ClN2O3S. The number of methoxy groups -OCH3 is 1. The Balaban J connectivity index is 2.33. The molecule has 0 aliphatic carbocycles. The highest BCUT2D eigenvalue weighted by atomic mass is 35.5. The van der Waals surface area contributed by atoms with E-state index in [1.165, 1.54) is 23.5 Å². The predicted molar refractivity (Wildman–Crippen MR) is 78.9 cm³/mol. The lowest BCUT2D eigenvalue weighted by molar-refractivity contribution is 0.170. The number of ether oxygens (including phenoxy) is 1. The zero-order valence-electron chi connectivity index (χ0n) is 11.8. The van der Waals surface area contributed by atoms with Gasteiger partial charge in [0.15, 0.2) is 0 Å². The first kappa shape index (κ1) is 15.6. The molecule has 5 nitrogen and oxygen atoms in total. The van der Waals surface area contributed by atoms with E-state index in [0.29, 0.717) is 17.3 Å². The van der Waals surface area contributed by atoms with Gasteiger partial charge >= 0.3 is 0 Å². The number of hydrogen-bond donors (Lipinski definition) is 0. The molecule has 1 aliphatic heterocycles. The molecule has 1 heterocycles. The summed E-state index contributed by atoms with van der Waals surface area (Å²) in [5.41, 5.74) is 0. The Kier molecular flexibility index (Phi) is 4.59. The number of piperazine rings is 1. The Bertz CT molecular complexity index is 591. The minimum absolute atomic E-state index is 0.0559. The first-order valence-corrected chi connectivity index (χ1v) is 8.22. The lowest BCUT2D eigenvalue weighted by Crippen LogP contribution is -2.52. The molecule has 1 saturated heterocycles. The molecule has 0 spiro atoms. The zero-order chi connectivity index (χ0) is 14.9. The molecule has 1 atom stereocenters. The van der Waals surface area contributed by atoms with Crippen molar-refractivity contribution in [2.45, 2.75) is 17.9 Å². The standard InChI is InChI=1S/C13H19ClN2O3S/c1-10-9-15(2)6-7-16(10)20(17,18)11-4-5-13(19-3)12(14)8-11/h4-5,8,10H,6-7,9H2,1-3H3. The average Bonchev–Trinajstić information content (AvgIpc) is 2.38.